The van der Waals surface area contributed by atoms with Gasteiger partial charge in [-0.3, -0.25) is 14.4 Å². The molecule has 12 heteroatoms. The second-order valence-electron chi connectivity index (χ2n) is 19.6. The van der Waals surface area contributed by atoms with E-state index in [1.165, 1.54) is 4.90 Å². The number of allylic oxidation sites excluding steroid dienone is 3. The van der Waals surface area contributed by atoms with Crippen molar-refractivity contribution in [3.8, 4) is 5.75 Å². The molecular formula is C53H75NO11. The fourth-order valence-corrected chi connectivity index (χ4v) is 10.9. The predicted octanol–water partition coefficient (Wildman–Crippen LogP) is 8.74. The number of amides is 1. The van der Waals surface area contributed by atoms with Crippen LogP contribution in [0.3, 0.4) is 0 Å². The van der Waals surface area contributed by atoms with Gasteiger partial charge in [-0.25, -0.2) is 4.79 Å². The Balaban J connectivity index is 1.28. The molecule has 2 bridgehead atoms. The number of Topliss-reactive ketones (excluding diaryl/α,β-unsaturated/α-hetero) is 2. The van der Waals surface area contributed by atoms with E-state index in [4.69, 9.17) is 28.4 Å². The van der Waals surface area contributed by atoms with Gasteiger partial charge in [-0.15, -0.1) is 0 Å². The van der Waals surface area contributed by atoms with E-state index in [9.17, 15) is 24.3 Å². The fourth-order valence-electron chi connectivity index (χ4n) is 10.9. The summed E-state index contributed by atoms with van der Waals surface area (Å²) in [4.78, 5) is 58.5. The Morgan fingerprint density at radius 1 is 0.862 bits per heavy atom. The van der Waals surface area contributed by atoms with Gasteiger partial charge < -0.3 is 38.4 Å². The van der Waals surface area contributed by atoms with Crippen LogP contribution in [0.25, 0.3) is 10.8 Å². The maximum atomic E-state index is 14.5. The number of ether oxygens (including phenoxy) is 6. The lowest BCUT2D eigenvalue weighted by Crippen LogP contribution is -2.64. The summed E-state index contributed by atoms with van der Waals surface area (Å²) in [5, 5.41) is 14.4. The lowest BCUT2D eigenvalue weighted by atomic mass is 9.82. The number of ketones is 2. The van der Waals surface area contributed by atoms with Crippen LogP contribution in [0.1, 0.15) is 119 Å². The number of esters is 1. The first-order chi connectivity index (χ1) is 31.1. The van der Waals surface area contributed by atoms with Crippen LogP contribution in [0.5, 0.6) is 5.75 Å². The van der Waals surface area contributed by atoms with Crippen LogP contribution >= 0.6 is 0 Å². The zero-order valence-electron chi connectivity index (χ0n) is 40.3. The number of nitrogens with zero attached hydrogens (tertiary/aromatic N) is 1. The molecular weight excluding hydrogens is 827 g/mol. The molecule has 13 unspecified atom stereocenters. The number of aliphatic hydroxyl groups is 1. The van der Waals surface area contributed by atoms with Gasteiger partial charge in [0.1, 0.15) is 35.9 Å². The average molecular weight is 902 g/mol. The molecule has 1 N–H and O–H groups in total. The maximum Gasteiger partial charge on any atom is 0.329 e. The molecule has 3 fully saturated rings. The monoisotopic (exact) mass is 902 g/mol. The van der Waals surface area contributed by atoms with E-state index >= 15 is 0 Å². The third-order valence-electron chi connectivity index (χ3n) is 14.7. The zero-order valence-corrected chi connectivity index (χ0v) is 40.3. The molecule has 0 spiro atoms. The fraction of sp³-hybridized carbons (Fsp3) is 0.660. The minimum absolute atomic E-state index is 0.0861. The first-order valence-corrected chi connectivity index (χ1v) is 24.2. The van der Waals surface area contributed by atoms with Crippen LogP contribution in [0, 0.1) is 29.6 Å². The molecule has 13 atom stereocenters. The summed E-state index contributed by atoms with van der Waals surface area (Å²) >= 11 is 0. The Labute approximate surface area is 386 Å². The summed E-state index contributed by atoms with van der Waals surface area (Å²) < 4.78 is 37.2. The highest BCUT2D eigenvalue weighted by atomic mass is 16.7. The number of carbonyl (C=O) groups excluding carboxylic acids is 4. The number of fused-ring (bicyclic) bond motifs is 4. The Morgan fingerprint density at radius 3 is 2.28 bits per heavy atom. The maximum absolute atomic E-state index is 14.5. The van der Waals surface area contributed by atoms with Crippen molar-refractivity contribution in [2.75, 3.05) is 27.9 Å². The van der Waals surface area contributed by atoms with Gasteiger partial charge in [0, 0.05) is 46.1 Å². The second-order valence-corrected chi connectivity index (χ2v) is 19.6. The van der Waals surface area contributed by atoms with Crippen LogP contribution in [-0.4, -0.2) is 110 Å². The molecule has 0 radical (unpaired) electrons. The van der Waals surface area contributed by atoms with Gasteiger partial charge in [-0.05, 0) is 131 Å². The van der Waals surface area contributed by atoms with Crippen LogP contribution in [0.15, 0.2) is 65.8 Å². The highest BCUT2D eigenvalue weighted by molar-refractivity contribution is 6.39. The number of rotatable bonds is 8. The van der Waals surface area contributed by atoms with Crippen molar-refractivity contribution in [2.45, 2.75) is 167 Å². The van der Waals surface area contributed by atoms with Crippen molar-refractivity contribution >= 4 is 34.2 Å². The molecule has 2 saturated heterocycles. The molecule has 12 nitrogen and oxygen atoms in total. The van der Waals surface area contributed by atoms with Gasteiger partial charge in [0.15, 0.2) is 0 Å². The summed E-state index contributed by atoms with van der Waals surface area (Å²) in [7, 11) is 4.83. The normalized spacial score (nSPS) is 36.2. The molecule has 4 aliphatic rings. The molecule has 1 amide bonds. The van der Waals surface area contributed by atoms with Crippen molar-refractivity contribution in [3.63, 3.8) is 0 Å². The highest BCUT2D eigenvalue weighted by Gasteiger charge is 2.56. The van der Waals surface area contributed by atoms with Crippen molar-refractivity contribution in [1.29, 1.82) is 0 Å². The van der Waals surface area contributed by atoms with E-state index in [1.807, 2.05) is 45.9 Å². The second kappa shape index (κ2) is 22.7. The smallest absolute Gasteiger partial charge is 0.329 e. The number of cyclic esters (lactones) is 1. The van der Waals surface area contributed by atoms with Crippen LogP contribution in [0.2, 0.25) is 0 Å². The predicted molar refractivity (Wildman–Crippen MR) is 249 cm³/mol. The van der Waals surface area contributed by atoms with Gasteiger partial charge in [-0.1, -0.05) is 75.8 Å². The first-order valence-electron chi connectivity index (χ1n) is 24.2. The van der Waals surface area contributed by atoms with Crippen molar-refractivity contribution < 1.29 is 52.7 Å². The molecule has 358 valence electrons. The quantitative estimate of drug-likeness (QED) is 0.154. The van der Waals surface area contributed by atoms with Gasteiger partial charge in [0.05, 0.1) is 18.3 Å². The zero-order chi connectivity index (χ0) is 47.0. The number of benzene rings is 2. The highest BCUT2D eigenvalue weighted by Crippen LogP contribution is 2.40. The summed E-state index contributed by atoms with van der Waals surface area (Å²) in [6.45, 7) is 12.0. The molecule has 65 heavy (non-hydrogen) atoms. The molecule has 2 aromatic rings. The van der Waals surface area contributed by atoms with Crippen molar-refractivity contribution in [3.05, 3.63) is 65.8 Å². The van der Waals surface area contributed by atoms with Gasteiger partial charge in [0.2, 0.25) is 5.79 Å². The Hall–Kier alpha value is -3.94. The third-order valence-corrected chi connectivity index (χ3v) is 14.7. The molecule has 6 rings (SSSR count). The summed E-state index contributed by atoms with van der Waals surface area (Å²) in [5.41, 5.74) is 1.94. The minimum Gasteiger partial charge on any atom is -0.488 e. The molecule has 0 aromatic heterocycles. The first kappa shape index (κ1) is 50.5. The van der Waals surface area contributed by atoms with Crippen molar-refractivity contribution in [2.24, 2.45) is 29.6 Å². The Kier molecular flexibility index (Phi) is 17.6. The van der Waals surface area contributed by atoms with E-state index in [-0.39, 0.29) is 54.6 Å². The van der Waals surface area contributed by atoms with Gasteiger partial charge >= 0.3 is 5.97 Å². The third kappa shape index (κ3) is 12.0. The van der Waals surface area contributed by atoms with Gasteiger partial charge in [0.25, 0.3) is 11.7 Å². The molecule has 1 saturated carbocycles. The lowest BCUT2D eigenvalue weighted by Gasteiger charge is -2.47. The largest absolute Gasteiger partial charge is 0.488 e. The Morgan fingerprint density at radius 2 is 1.57 bits per heavy atom. The topological polar surface area (TPSA) is 147 Å². The minimum atomic E-state index is -2.47. The number of piperidine rings is 1. The average Bonchev–Trinajstić information content (AvgIpc) is 3.30. The summed E-state index contributed by atoms with van der Waals surface area (Å²) in [6.07, 6.45) is 8.04. The standard InChI is InChI=1S/C53H75NO11/c1-10-38-26-32(2)25-33(3)27-46(61-8)49-47(62-9)29-36(6)53(59,65-49)50(56)51(57)54-24-14-13-17-42(54)52(58)64-48(34(4)18-22-43(38)55)35(5)28-37-19-23-44(45(30-37)60-7)63-41-21-20-39-15-11-12-16-40(39)31-41/h11-12,15-16,20-21,26,28,31,33-34,36-38,42,44-49,59H,10,13-14,17-19,22-25,27,29-30H2,1-9H3/b32-26+,35-28?. The molecule has 3 aliphatic heterocycles. The SMILES string of the molecule is CCC1/C=C(\C)CC(C)CC(OC)C2OC(O)(C(=O)C(=O)N3CCCCC3C(=O)OC(C(C)=CC3CCC(Oc4ccc5ccccc5c4)C(OC)C3)C(C)CCC1=O)C(C)CC2OC. The van der Waals surface area contributed by atoms with Crippen LogP contribution < -0.4 is 4.74 Å². The lowest BCUT2D eigenvalue weighted by molar-refractivity contribution is -0.302. The van der Waals surface area contributed by atoms with Crippen LogP contribution in [-0.2, 0) is 42.9 Å². The van der Waals surface area contributed by atoms with Crippen LogP contribution in [0.4, 0.5) is 0 Å². The summed E-state index contributed by atoms with van der Waals surface area (Å²) in [6, 6.07) is 13.3. The van der Waals surface area contributed by atoms with E-state index in [0.29, 0.717) is 57.8 Å². The molecule has 2 aromatic carbocycles. The number of hydrogen-bond donors (Lipinski definition) is 1. The van der Waals surface area contributed by atoms with E-state index in [1.54, 1.807) is 28.3 Å². The number of hydrogen-bond acceptors (Lipinski definition) is 11. The Bertz CT molecular complexity index is 2030. The van der Waals surface area contributed by atoms with E-state index in [2.05, 4.69) is 43.3 Å². The number of methoxy groups -OCH3 is 3. The van der Waals surface area contributed by atoms with Crippen molar-refractivity contribution in [1.82, 2.24) is 4.90 Å². The van der Waals surface area contributed by atoms with E-state index < -0.39 is 59.8 Å². The summed E-state index contributed by atoms with van der Waals surface area (Å²) in [5.74, 6) is -5.35. The number of carbonyl (C=O) groups is 4. The van der Waals surface area contributed by atoms with E-state index in [0.717, 1.165) is 40.5 Å². The molecule has 3 heterocycles. The molecule has 1 aliphatic carbocycles. The van der Waals surface area contributed by atoms with Gasteiger partial charge in [-0.2, -0.15) is 0 Å².